The summed E-state index contributed by atoms with van der Waals surface area (Å²) in [4.78, 5) is 9.50. The van der Waals surface area contributed by atoms with Gasteiger partial charge in [0.2, 0.25) is 0 Å². The molecular weight excluding hydrogens is 921 g/mol. The number of rotatable bonds is 15. The molecule has 10 aromatic carbocycles. The topological polar surface area (TPSA) is 13.0 Å². The molecule has 0 amide bonds. The van der Waals surface area contributed by atoms with Gasteiger partial charge in [0.25, 0.3) is 0 Å². The Bertz CT molecular complexity index is 3530. The second kappa shape index (κ2) is 22.2. The first-order valence-electron chi connectivity index (χ1n) is 26.4. The van der Waals surface area contributed by atoms with Crippen molar-refractivity contribution in [2.75, 3.05) is 19.6 Å². The zero-order valence-corrected chi connectivity index (χ0v) is 42.4. The molecule has 366 valence electrons. The Morgan fingerprint density at radius 1 is 0.276 bits per heavy atom. The molecule has 12 rings (SSSR count). The normalized spacial score (nSPS) is 13.9. The Labute approximate surface area is 448 Å². The molecule has 2 aliphatic rings. The Balaban J connectivity index is 0.755. The lowest BCUT2D eigenvalue weighted by molar-refractivity contribution is 0.787. The van der Waals surface area contributed by atoms with Gasteiger partial charge in [0.1, 0.15) is 0 Å². The van der Waals surface area contributed by atoms with Crippen LogP contribution < -0.4 is 19.6 Å². The van der Waals surface area contributed by atoms with E-state index in [1.165, 1.54) is 50.5 Å². The van der Waals surface area contributed by atoms with Gasteiger partial charge < -0.3 is 19.6 Å². The molecule has 1 unspecified atom stereocenters. The van der Waals surface area contributed by atoms with Gasteiger partial charge in [0, 0.05) is 62.6 Å². The minimum Gasteiger partial charge on any atom is -0.334 e. The van der Waals surface area contributed by atoms with E-state index in [1.54, 1.807) is 0 Å². The summed E-state index contributed by atoms with van der Waals surface area (Å²) in [7, 11) is 0. The van der Waals surface area contributed by atoms with Crippen molar-refractivity contribution in [3.8, 4) is 11.1 Å². The summed E-state index contributed by atoms with van der Waals surface area (Å²) in [6.07, 6.45) is 14.5. The second-order valence-electron chi connectivity index (χ2n) is 19.2. The van der Waals surface area contributed by atoms with Gasteiger partial charge >= 0.3 is 0 Å². The van der Waals surface area contributed by atoms with Crippen molar-refractivity contribution >= 4 is 68.0 Å². The number of hydrogen-bond acceptors (Lipinski definition) is 4. The predicted molar refractivity (Wildman–Crippen MR) is 322 cm³/mol. The highest BCUT2D eigenvalue weighted by Gasteiger charge is 2.23. The quantitative estimate of drug-likeness (QED) is 0.101. The summed E-state index contributed by atoms with van der Waals surface area (Å²) >= 11 is 0. The maximum absolute atomic E-state index is 2.48. The zero-order chi connectivity index (χ0) is 50.9. The fraction of sp³-hybridized carbons (Fsp3) is 0.0556. The Hall–Kier alpha value is -9.64. The number of nitrogens with zero attached hydrogens (tertiary/aromatic N) is 4. The molecule has 0 N–H and O–H groups in total. The van der Waals surface area contributed by atoms with Crippen LogP contribution in [0.4, 0.5) is 56.9 Å². The summed E-state index contributed by atoms with van der Waals surface area (Å²) in [5, 5.41) is 0. The lowest BCUT2D eigenvalue weighted by Crippen LogP contribution is -2.30. The molecule has 4 heteroatoms. The van der Waals surface area contributed by atoms with Crippen LogP contribution in [0.3, 0.4) is 0 Å². The van der Waals surface area contributed by atoms with Gasteiger partial charge in [0.15, 0.2) is 0 Å². The first kappa shape index (κ1) is 47.4. The predicted octanol–water partition coefficient (Wildman–Crippen LogP) is 19.7. The van der Waals surface area contributed by atoms with Gasteiger partial charge in [-0.1, -0.05) is 182 Å². The fourth-order valence-electron chi connectivity index (χ4n) is 10.7. The largest absolute Gasteiger partial charge is 0.334 e. The van der Waals surface area contributed by atoms with Crippen LogP contribution in [-0.4, -0.2) is 6.04 Å². The Kier molecular flexibility index (Phi) is 13.9. The Morgan fingerprint density at radius 3 is 0.987 bits per heavy atom. The monoisotopic (exact) mass is 978 g/mol. The van der Waals surface area contributed by atoms with Gasteiger partial charge in [0.05, 0.1) is 6.04 Å². The average molecular weight is 979 g/mol. The van der Waals surface area contributed by atoms with Crippen LogP contribution in [0.25, 0.3) is 22.3 Å². The number of anilines is 10. The lowest BCUT2D eigenvalue weighted by atomic mass is 9.93. The van der Waals surface area contributed by atoms with Crippen molar-refractivity contribution in [3.05, 3.63) is 326 Å². The molecule has 0 radical (unpaired) electrons. The SMILES string of the molecule is C1=CC(N(c2ccccc2)c2ccc(C3=CC=C(N(c4ccccc4)c4ccc(-c5ccc(N(c6ccccc6)c6ccccc6)cc5)cc4)CC3)cc2)CC=C1c1ccc(N(c2ccccc2)c2ccccc2)cc1. The molecule has 0 spiro atoms. The van der Waals surface area contributed by atoms with Crippen LogP contribution >= 0.6 is 0 Å². The van der Waals surface area contributed by atoms with E-state index >= 15 is 0 Å². The van der Waals surface area contributed by atoms with Crippen molar-refractivity contribution in [2.24, 2.45) is 0 Å². The number of hydrogen-bond donors (Lipinski definition) is 0. The number of para-hydroxylation sites is 6. The molecule has 2 aliphatic carbocycles. The van der Waals surface area contributed by atoms with Gasteiger partial charge in [-0.15, -0.1) is 0 Å². The molecule has 0 heterocycles. The second-order valence-corrected chi connectivity index (χ2v) is 19.2. The third-order valence-electron chi connectivity index (χ3n) is 14.5. The van der Waals surface area contributed by atoms with Gasteiger partial charge in [-0.3, -0.25) is 0 Å². The molecule has 76 heavy (non-hydrogen) atoms. The van der Waals surface area contributed by atoms with E-state index in [0.717, 1.165) is 64.8 Å². The van der Waals surface area contributed by atoms with Crippen LogP contribution in [0.15, 0.2) is 315 Å². The highest BCUT2D eigenvalue weighted by atomic mass is 15.2. The smallest absolute Gasteiger partial charge is 0.0560 e. The van der Waals surface area contributed by atoms with E-state index in [0.29, 0.717) is 0 Å². The van der Waals surface area contributed by atoms with Gasteiger partial charge in [-0.25, -0.2) is 0 Å². The molecule has 1 atom stereocenters. The zero-order valence-electron chi connectivity index (χ0n) is 42.4. The molecule has 0 aromatic heterocycles. The Morgan fingerprint density at radius 2 is 0.605 bits per heavy atom. The van der Waals surface area contributed by atoms with E-state index in [9.17, 15) is 0 Å². The van der Waals surface area contributed by atoms with Crippen molar-refractivity contribution in [1.29, 1.82) is 0 Å². The summed E-state index contributed by atoms with van der Waals surface area (Å²) in [6.45, 7) is 0. The van der Waals surface area contributed by atoms with Crippen LogP contribution in [-0.2, 0) is 0 Å². The third-order valence-corrected chi connectivity index (χ3v) is 14.5. The third kappa shape index (κ3) is 10.3. The first-order chi connectivity index (χ1) is 37.7. The molecular formula is C72H58N4. The standard InChI is InChI=1S/C72H58N4/c1-7-19-61(20-8-1)73(62-21-9-2-10-22-62)67-43-31-55(32-44-67)57-35-47-69(48-36-57)75(65-27-15-5-16-28-65)71-51-39-59(40-52-71)60-41-53-72(54-42-60)76(66-29-17-6-18-30-66)70-49-37-58(38-50-70)56-33-45-68(46-34-56)74(63-23-11-3-12-24-63)64-25-13-4-14-26-64/h1-41,43-47,49-53,69H,42,48,54H2. The van der Waals surface area contributed by atoms with E-state index in [1.807, 2.05) is 0 Å². The molecule has 0 aliphatic heterocycles. The molecule has 4 nitrogen and oxygen atoms in total. The van der Waals surface area contributed by atoms with Crippen LogP contribution in [0, 0.1) is 0 Å². The summed E-state index contributed by atoms with van der Waals surface area (Å²) < 4.78 is 0. The summed E-state index contributed by atoms with van der Waals surface area (Å²) in [5.74, 6) is 0. The highest BCUT2D eigenvalue weighted by molar-refractivity contribution is 5.83. The van der Waals surface area contributed by atoms with Crippen LogP contribution in [0.5, 0.6) is 0 Å². The van der Waals surface area contributed by atoms with E-state index in [2.05, 4.69) is 329 Å². The highest BCUT2D eigenvalue weighted by Crippen LogP contribution is 2.41. The fourth-order valence-corrected chi connectivity index (χ4v) is 10.7. The summed E-state index contributed by atoms with van der Waals surface area (Å²) in [5.41, 5.74) is 20.1. The van der Waals surface area contributed by atoms with Crippen LogP contribution in [0.1, 0.15) is 30.4 Å². The van der Waals surface area contributed by atoms with Crippen LogP contribution in [0.2, 0.25) is 0 Å². The van der Waals surface area contributed by atoms with E-state index < -0.39 is 0 Å². The molecule has 0 saturated carbocycles. The lowest BCUT2D eigenvalue weighted by Gasteiger charge is -2.33. The van der Waals surface area contributed by atoms with E-state index in [-0.39, 0.29) is 6.04 Å². The number of allylic oxidation sites excluding steroid dienone is 6. The first-order valence-corrected chi connectivity index (χ1v) is 26.4. The summed E-state index contributed by atoms with van der Waals surface area (Å²) in [6, 6.07) is 100. The number of benzene rings is 10. The van der Waals surface area contributed by atoms with Gasteiger partial charge in [-0.2, -0.15) is 0 Å². The van der Waals surface area contributed by atoms with Gasteiger partial charge in [-0.05, 0) is 180 Å². The molecule has 0 fully saturated rings. The van der Waals surface area contributed by atoms with Crippen molar-refractivity contribution in [2.45, 2.75) is 25.3 Å². The molecule has 0 bridgehead atoms. The van der Waals surface area contributed by atoms with Crippen molar-refractivity contribution in [3.63, 3.8) is 0 Å². The minimum atomic E-state index is 0.164. The molecule has 0 saturated heterocycles. The maximum Gasteiger partial charge on any atom is 0.0560 e. The maximum atomic E-state index is 2.48. The molecule has 10 aromatic rings. The van der Waals surface area contributed by atoms with E-state index in [4.69, 9.17) is 0 Å². The minimum absolute atomic E-state index is 0.164. The van der Waals surface area contributed by atoms with Crippen molar-refractivity contribution in [1.82, 2.24) is 0 Å². The van der Waals surface area contributed by atoms with Crippen molar-refractivity contribution < 1.29 is 0 Å². The average Bonchev–Trinajstić information content (AvgIpc) is 3.51.